The van der Waals surface area contributed by atoms with Crippen molar-refractivity contribution in [3.63, 3.8) is 0 Å². The van der Waals surface area contributed by atoms with Gasteiger partial charge in [0.15, 0.2) is 0 Å². The molecule has 2 fully saturated rings. The van der Waals surface area contributed by atoms with E-state index in [1.165, 1.54) is 12.1 Å². The molecule has 3 N–H and O–H groups in total. The number of aromatic carboxylic acids is 2. The van der Waals surface area contributed by atoms with Gasteiger partial charge in [-0.25, -0.2) is 9.59 Å². The zero-order chi connectivity index (χ0) is 25.9. The molecule has 10 nitrogen and oxygen atoms in total. The van der Waals surface area contributed by atoms with Crippen molar-refractivity contribution in [3.8, 4) is 0 Å². The first kappa shape index (κ1) is 30.8. The predicted octanol–water partition coefficient (Wildman–Crippen LogP) is 2.67. The van der Waals surface area contributed by atoms with Gasteiger partial charge >= 0.3 is 11.9 Å². The van der Waals surface area contributed by atoms with Crippen molar-refractivity contribution in [2.24, 2.45) is 0 Å². The summed E-state index contributed by atoms with van der Waals surface area (Å²) < 4.78 is 10.9. The number of hydrogen-bond acceptors (Lipinski definition) is 7. The Hall–Kier alpha value is -2.73. The Labute approximate surface area is 237 Å². The molecule has 0 radical (unpaired) electrons. The summed E-state index contributed by atoms with van der Waals surface area (Å²) in [6.07, 6.45) is 1.14. The Kier molecular flexibility index (Phi) is 10.7. The number of nitrogens with zero attached hydrogens (tertiary/aromatic N) is 2. The molecule has 0 bridgehead atoms. The van der Waals surface area contributed by atoms with Crippen molar-refractivity contribution >= 4 is 58.4 Å². The van der Waals surface area contributed by atoms with E-state index in [4.69, 9.17) is 9.47 Å². The van der Waals surface area contributed by atoms with Crippen LogP contribution < -0.4 is 5.56 Å². The monoisotopic (exact) mass is 581 g/mol. The number of carboxylic acid groups (broad SMARTS) is 2. The first-order valence-corrected chi connectivity index (χ1v) is 12.6. The number of rotatable bonds is 8. The molecule has 5 rings (SSSR count). The molecule has 3 heterocycles. The number of hydrogen-bond donors (Lipinski definition) is 3. The van der Waals surface area contributed by atoms with Gasteiger partial charge in [0.2, 0.25) is 0 Å². The Morgan fingerprint density at radius 3 is 1.90 bits per heavy atom. The fourth-order valence-electron chi connectivity index (χ4n) is 5.40. The summed E-state index contributed by atoms with van der Waals surface area (Å²) in [5.74, 6) is -2.14. The zero-order valence-electron chi connectivity index (χ0n) is 21.4. The normalized spacial score (nSPS) is 16.5. The van der Waals surface area contributed by atoms with E-state index >= 15 is 0 Å². The molecule has 2 aromatic carbocycles. The first-order chi connectivity index (χ1) is 17.9. The highest BCUT2D eigenvalue weighted by Crippen LogP contribution is 2.32. The van der Waals surface area contributed by atoms with E-state index in [0.29, 0.717) is 56.7 Å². The zero-order valence-corrected chi connectivity index (χ0v) is 23.1. The van der Waals surface area contributed by atoms with Crippen LogP contribution in [0.1, 0.15) is 31.8 Å². The van der Waals surface area contributed by atoms with Gasteiger partial charge in [0.05, 0.1) is 43.1 Å². The summed E-state index contributed by atoms with van der Waals surface area (Å²) in [4.78, 5) is 44.3. The summed E-state index contributed by atoms with van der Waals surface area (Å²) in [5, 5.41) is 21.3. The molecule has 0 aliphatic carbocycles. The van der Waals surface area contributed by atoms with Crippen LogP contribution in [0, 0.1) is 0 Å². The average Bonchev–Trinajstić information content (AvgIpc) is 2.91. The molecule has 1 aromatic heterocycles. The molecule has 2 saturated heterocycles. The second-order valence-electron chi connectivity index (χ2n) is 9.54. The van der Waals surface area contributed by atoms with Crippen LogP contribution in [0.25, 0.3) is 21.7 Å². The van der Waals surface area contributed by atoms with E-state index in [1.807, 2.05) is 0 Å². The number of fused-ring (bicyclic) bond motifs is 3. The minimum Gasteiger partial charge on any atom is -0.478 e. The number of morpholine rings is 2. The highest BCUT2D eigenvalue weighted by atomic mass is 35.5. The highest BCUT2D eigenvalue weighted by molar-refractivity contribution is 6.11. The lowest BCUT2D eigenvalue weighted by atomic mass is 9.89. The van der Waals surface area contributed by atoms with Crippen LogP contribution >= 0.6 is 24.8 Å². The van der Waals surface area contributed by atoms with Crippen LogP contribution in [0.3, 0.4) is 0 Å². The summed E-state index contributed by atoms with van der Waals surface area (Å²) in [6, 6.07) is 6.10. The first-order valence-electron chi connectivity index (χ1n) is 12.6. The third-order valence-corrected chi connectivity index (χ3v) is 7.37. The van der Waals surface area contributed by atoms with Crippen molar-refractivity contribution < 1.29 is 29.3 Å². The number of pyridine rings is 1. The number of H-pyrrole nitrogens is 1. The molecule has 3 aromatic rings. The maximum absolute atomic E-state index is 12.9. The lowest BCUT2D eigenvalue weighted by Crippen LogP contribution is -2.38. The van der Waals surface area contributed by atoms with E-state index in [0.717, 1.165) is 49.2 Å². The van der Waals surface area contributed by atoms with E-state index < -0.39 is 17.5 Å². The number of ether oxygens (including phenoxy) is 2. The van der Waals surface area contributed by atoms with Gasteiger partial charge < -0.3 is 24.7 Å². The molecular weight excluding hydrogens is 549 g/mol. The predicted molar refractivity (Wildman–Crippen MR) is 152 cm³/mol. The summed E-state index contributed by atoms with van der Waals surface area (Å²) in [7, 11) is 0. The molecule has 212 valence electrons. The Morgan fingerprint density at radius 1 is 0.795 bits per heavy atom. The van der Waals surface area contributed by atoms with Crippen LogP contribution in [0.4, 0.5) is 0 Å². The van der Waals surface area contributed by atoms with Crippen molar-refractivity contribution in [3.05, 3.63) is 56.9 Å². The minimum atomic E-state index is -1.11. The van der Waals surface area contributed by atoms with Gasteiger partial charge in [-0.2, -0.15) is 0 Å². The number of carboxylic acids is 2. The van der Waals surface area contributed by atoms with Gasteiger partial charge in [0.25, 0.3) is 5.56 Å². The van der Waals surface area contributed by atoms with E-state index in [2.05, 4.69) is 14.8 Å². The van der Waals surface area contributed by atoms with Crippen molar-refractivity contribution in [2.75, 3.05) is 65.7 Å². The fraction of sp³-hybridized carbons (Fsp3) is 0.444. The van der Waals surface area contributed by atoms with E-state index in [9.17, 15) is 24.6 Å². The number of aromatic amines is 1. The Morgan fingerprint density at radius 2 is 1.36 bits per heavy atom. The van der Waals surface area contributed by atoms with Gasteiger partial charge in [-0.3, -0.25) is 14.6 Å². The molecule has 12 heteroatoms. The molecular formula is C27H33Cl2N3O7. The molecule has 0 spiro atoms. The average molecular weight is 582 g/mol. The molecule has 0 amide bonds. The number of benzene rings is 2. The second-order valence-corrected chi connectivity index (χ2v) is 9.54. The maximum atomic E-state index is 12.9. The van der Waals surface area contributed by atoms with Crippen molar-refractivity contribution in [2.45, 2.75) is 12.8 Å². The van der Waals surface area contributed by atoms with E-state index in [-0.39, 0.29) is 41.3 Å². The van der Waals surface area contributed by atoms with Gasteiger partial charge in [-0.05, 0) is 47.6 Å². The standard InChI is InChI=1S/C27H31N3O7.2ClH/c31-25-21-15-17(26(32)33)1-2-19(21)24-20(4-6-30-9-13-37-14-10-30)18(3-5-29-7-11-36-12-8-29)22(27(34)35)16-23(24)28-25;;/h1-2,15-16H,3-14H2,(H,28,31)(H,32,33)(H,34,35);2*1H. The SMILES string of the molecule is Cl.Cl.O=C(O)c1ccc2c(c1)c(=O)[nH]c1cc(C(=O)O)c(CCN3CCOCC3)c(CCN3CCOCC3)c12. The number of aromatic nitrogens is 1. The number of nitrogens with one attached hydrogen (secondary N) is 1. The molecule has 0 atom stereocenters. The molecule has 0 unspecified atom stereocenters. The van der Waals surface area contributed by atoms with Crippen LogP contribution in [0.2, 0.25) is 0 Å². The second kappa shape index (κ2) is 13.6. The van der Waals surface area contributed by atoms with Crippen LogP contribution in [0.15, 0.2) is 29.1 Å². The van der Waals surface area contributed by atoms with Gasteiger partial charge in [-0.1, -0.05) is 6.07 Å². The van der Waals surface area contributed by atoms with Crippen molar-refractivity contribution in [1.29, 1.82) is 0 Å². The molecule has 2 aliphatic rings. The quantitative estimate of drug-likeness (QED) is 0.343. The third-order valence-electron chi connectivity index (χ3n) is 7.37. The van der Waals surface area contributed by atoms with Gasteiger partial charge in [-0.15, -0.1) is 24.8 Å². The van der Waals surface area contributed by atoms with Crippen LogP contribution in [-0.4, -0.2) is 103 Å². The Balaban J connectivity index is 0.00000210. The summed E-state index contributed by atoms with van der Waals surface area (Å²) in [6.45, 7) is 7.27. The highest BCUT2D eigenvalue weighted by Gasteiger charge is 2.23. The molecule has 39 heavy (non-hydrogen) atoms. The molecule has 2 aliphatic heterocycles. The van der Waals surface area contributed by atoms with E-state index in [1.54, 1.807) is 12.1 Å². The summed E-state index contributed by atoms with van der Waals surface area (Å²) >= 11 is 0. The lowest BCUT2D eigenvalue weighted by Gasteiger charge is -2.29. The van der Waals surface area contributed by atoms with Gasteiger partial charge in [0.1, 0.15) is 0 Å². The van der Waals surface area contributed by atoms with Crippen molar-refractivity contribution in [1.82, 2.24) is 14.8 Å². The van der Waals surface area contributed by atoms with Crippen LogP contribution in [0.5, 0.6) is 0 Å². The fourth-order valence-corrected chi connectivity index (χ4v) is 5.40. The van der Waals surface area contributed by atoms with Gasteiger partial charge in [0, 0.05) is 50.0 Å². The Bertz CT molecular complexity index is 1400. The lowest BCUT2D eigenvalue weighted by molar-refractivity contribution is 0.0377. The third kappa shape index (κ3) is 6.71. The number of halogens is 2. The van der Waals surface area contributed by atoms with Crippen LogP contribution in [-0.2, 0) is 22.3 Å². The summed E-state index contributed by atoms with van der Waals surface area (Å²) in [5.41, 5.74) is 1.87. The largest absolute Gasteiger partial charge is 0.478 e. The maximum Gasteiger partial charge on any atom is 0.336 e. The smallest absolute Gasteiger partial charge is 0.336 e. The topological polar surface area (TPSA) is 132 Å². The minimum absolute atomic E-state index is 0. The number of carbonyl (C=O) groups is 2. The molecule has 0 saturated carbocycles.